The summed E-state index contributed by atoms with van der Waals surface area (Å²) in [6, 6.07) is 9.36. The lowest BCUT2D eigenvalue weighted by Crippen LogP contribution is -2.42. The average Bonchev–Trinajstić information content (AvgIpc) is 2.91. The predicted molar refractivity (Wildman–Crippen MR) is 68.5 cm³/mol. The molecule has 98 valence electrons. The fraction of sp³-hybridized carbons (Fsp3) is 0.500. The third-order valence-electron chi connectivity index (χ3n) is 3.02. The van der Waals surface area contributed by atoms with Crippen molar-refractivity contribution in [2.24, 2.45) is 0 Å². The molecule has 1 aliphatic heterocycles. The Morgan fingerprint density at radius 1 is 1.50 bits per heavy atom. The second-order valence-electron chi connectivity index (χ2n) is 4.51. The van der Waals surface area contributed by atoms with E-state index in [-0.39, 0.29) is 24.7 Å². The molecule has 2 rings (SSSR count). The van der Waals surface area contributed by atoms with E-state index in [0.29, 0.717) is 5.75 Å². The number of benzene rings is 1. The van der Waals surface area contributed by atoms with Crippen LogP contribution in [-0.2, 0) is 9.53 Å². The summed E-state index contributed by atoms with van der Waals surface area (Å²) in [7, 11) is 0. The summed E-state index contributed by atoms with van der Waals surface area (Å²) >= 11 is 0. The SMILES string of the molecule is C[C@@H](NC(=O)COc1ccccc1)[C@H]1CCCO1. The Labute approximate surface area is 107 Å². The van der Waals surface area contributed by atoms with Crippen molar-refractivity contribution in [2.45, 2.75) is 31.9 Å². The van der Waals surface area contributed by atoms with E-state index in [1.165, 1.54) is 0 Å². The van der Waals surface area contributed by atoms with E-state index >= 15 is 0 Å². The number of para-hydroxylation sites is 1. The smallest absolute Gasteiger partial charge is 0.258 e. The fourth-order valence-corrected chi connectivity index (χ4v) is 2.05. The summed E-state index contributed by atoms with van der Waals surface area (Å²) in [6.07, 6.45) is 2.23. The van der Waals surface area contributed by atoms with E-state index in [1.54, 1.807) is 0 Å². The molecule has 1 amide bonds. The van der Waals surface area contributed by atoms with Gasteiger partial charge in [0, 0.05) is 6.61 Å². The van der Waals surface area contributed by atoms with Gasteiger partial charge in [-0.15, -0.1) is 0 Å². The molecule has 18 heavy (non-hydrogen) atoms. The molecule has 1 heterocycles. The third-order valence-corrected chi connectivity index (χ3v) is 3.02. The van der Waals surface area contributed by atoms with Crippen LogP contribution in [0.5, 0.6) is 5.75 Å². The van der Waals surface area contributed by atoms with Gasteiger partial charge in [-0.25, -0.2) is 0 Å². The lowest BCUT2D eigenvalue weighted by Gasteiger charge is -2.19. The average molecular weight is 249 g/mol. The van der Waals surface area contributed by atoms with Gasteiger partial charge in [0.05, 0.1) is 12.1 Å². The topological polar surface area (TPSA) is 47.6 Å². The van der Waals surface area contributed by atoms with Crippen LogP contribution in [-0.4, -0.2) is 31.3 Å². The zero-order chi connectivity index (χ0) is 12.8. The highest BCUT2D eigenvalue weighted by Crippen LogP contribution is 2.15. The van der Waals surface area contributed by atoms with Gasteiger partial charge in [-0.1, -0.05) is 18.2 Å². The number of hydrogen-bond donors (Lipinski definition) is 1. The van der Waals surface area contributed by atoms with Crippen molar-refractivity contribution < 1.29 is 14.3 Å². The van der Waals surface area contributed by atoms with Gasteiger partial charge in [0.2, 0.25) is 0 Å². The van der Waals surface area contributed by atoms with Crippen LogP contribution in [0.25, 0.3) is 0 Å². The summed E-state index contributed by atoms with van der Waals surface area (Å²) in [5.74, 6) is 0.597. The molecule has 0 aliphatic carbocycles. The highest BCUT2D eigenvalue weighted by atomic mass is 16.5. The second-order valence-corrected chi connectivity index (χ2v) is 4.51. The molecule has 0 bridgehead atoms. The van der Waals surface area contributed by atoms with Gasteiger partial charge in [-0.2, -0.15) is 0 Å². The van der Waals surface area contributed by atoms with Crippen molar-refractivity contribution in [1.29, 1.82) is 0 Å². The van der Waals surface area contributed by atoms with Crippen molar-refractivity contribution in [3.8, 4) is 5.75 Å². The van der Waals surface area contributed by atoms with Crippen LogP contribution in [0, 0.1) is 0 Å². The van der Waals surface area contributed by atoms with Gasteiger partial charge in [-0.05, 0) is 31.9 Å². The van der Waals surface area contributed by atoms with Crippen molar-refractivity contribution in [2.75, 3.05) is 13.2 Å². The van der Waals surface area contributed by atoms with E-state index in [0.717, 1.165) is 19.4 Å². The molecular weight excluding hydrogens is 230 g/mol. The Bertz CT molecular complexity index is 374. The molecule has 0 saturated carbocycles. The number of carbonyl (C=O) groups excluding carboxylic acids is 1. The quantitative estimate of drug-likeness (QED) is 0.864. The maximum atomic E-state index is 11.7. The van der Waals surface area contributed by atoms with Gasteiger partial charge in [0.1, 0.15) is 5.75 Å². The number of carbonyl (C=O) groups is 1. The van der Waals surface area contributed by atoms with Gasteiger partial charge < -0.3 is 14.8 Å². The third kappa shape index (κ3) is 3.74. The molecule has 0 aromatic heterocycles. The molecular formula is C14H19NO3. The molecule has 0 radical (unpaired) electrons. The largest absolute Gasteiger partial charge is 0.484 e. The zero-order valence-corrected chi connectivity index (χ0v) is 10.6. The Morgan fingerprint density at radius 2 is 2.28 bits per heavy atom. The highest BCUT2D eigenvalue weighted by molar-refractivity contribution is 5.77. The minimum Gasteiger partial charge on any atom is -0.484 e. The van der Waals surface area contributed by atoms with Crippen molar-refractivity contribution in [3.05, 3.63) is 30.3 Å². The normalized spacial score (nSPS) is 20.4. The minimum atomic E-state index is -0.109. The maximum Gasteiger partial charge on any atom is 0.258 e. The molecule has 1 aliphatic rings. The van der Waals surface area contributed by atoms with Crippen LogP contribution < -0.4 is 10.1 Å². The van der Waals surface area contributed by atoms with Crippen LogP contribution in [0.4, 0.5) is 0 Å². The lowest BCUT2D eigenvalue weighted by atomic mass is 10.1. The van der Waals surface area contributed by atoms with E-state index < -0.39 is 0 Å². The number of hydrogen-bond acceptors (Lipinski definition) is 3. The molecule has 4 heteroatoms. The summed E-state index contributed by atoms with van der Waals surface area (Å²) in [5, 5.41) is 2.90. The van der Waals surface area contributed by atoms with Crippen LogP contribution in [0.15, 0.2) is 30.3 Å². The molecule has 1 aromatic rings. The number of nitrogens with one attached hydrogen (secondary N) is 1. The maximum absolute atomic E-state index is 11.7. The molecule has 1 N–H and O–H groups in total. The molecule has 2 atom stereocenters. The standard InChI is InChI=1S/C14H19NO3/c1-11(13-8-5-9-17-13)15-14(16)10-18-12-6-3-2-4-7-12/h2-4,6-7,11,13H,5,8-10H2,1H3,(H,15,16)/t11-,13-/m1/s1. The summed E-state index contributed by atoms with van der Waals surface area (Å²) < 4.78 is 10.9. The fourth-order valence-electron chi connectivity index (χ4n) is 2.05. The molecule has 4 nitrogen and oxygen atoms in total. The Kier molecular flexibility index (Phi) is 4.59. The number of rotatable bonds is 5. The molecule has 0 unspecified atom stereocenters. The first-order chi connectivity index (χ1) is 8.75. The Hall–Kier alpha value is -1.55. The molecule has 1 saturated heterocycles. The number of ether oxygens (including phenoxy) is 2. The first-order valence-corrected chi connectivity index (χ1v) is 6.34. The van der Waals surface area contributed by atoms with Crippen LogP contribution in [0.3, 0.4) is 0 Å². The summed E-state index contributed by atoms with van der Waals surface area (Å²) in [6.45, 7) is 2.81. The van der Waals surface area contributed by atoms with Crippen LogP contribution in [0.2, 0.25) is 0 Å². The second kappa shape index (κ2) is 6.40. The van der Waals surface area contributed by atoms with Crippen molar-refractivity contribution >= 4 is 5.91 Å². The van der Waals surface area contributed by atoms with E-state index in [1.807, 2.05) is 37.3 Å². The van der Waals surface area contributed by atoms with Crippen molar-refractivity contribution in [3.63, 3.8) is 0 Å². The Balaban J connectivity index is 1.71. The van der Waals surface area contributed by atoms with E-state index in [2.05, 4.69) is 5.32 Å². The first kappa shape index (κ1) is 12.9. The molecule has 1 fully saturated rings. The van der Waals surface area contributed by atoms with Gasteiger partial charge in [-0.3, -0.25) is 4.79 Å². The number of amides is 1. The van der Waals surface area contributed by atoms with Gasteiger partial charge in [0.25, 0.3) is 5.91 Å². The first-order valence-electron chi connectivity index (χ1n) is 6.34. The predicted octanol–water partition coefficient (Wildman–Crippen LogP) is 1.75. The van der Waals surface area contributed by atoms with Crippen molar-refractivity contribution in [1.82, 2.24) is 5.32 Å². The summed E-state index contributed by atoms with van der Waals surface area (Å²) in [5.41, 5.74) is 0. The Morgan fingerprint density at radius 3 is 2.94 bits per heavy atom. The molecule has 0 spiro atoms. The van der Waals surface area contributed by atoms with Gasteiger partial charge >= 0.3 is 0 Å². The van der Waals surface area contributed by atoms with E-state index in [4.69, 9.17) is 9.47 Å². The monoisotopic (exact) mass is 249 g/mol. The summed E-state index contributed by atoms with van der Waals surface area (Å²) in [4.78, 5) is 11.7. The highest BCUT2D eigenvalue weighted by Gasteiger charge is 2.23. The van der Waals surface area contributed by atoms with Crippen LogP contribution >= 0.6 is 0 Å². The lowest BCUT2D eigenvalue weighted by molar-refractivity contribution is -0.124. The zero-order valence-electron chi connectivity index (χ0n) is 10.6. The van der Waals surface area contributed by atoms with E-state index in [9.17, 15) is 4.79 Å². The van der Waals surface area contributed by atoms with Crippen LogP contribution in [0.1, 0.15) is 19.8 Å². The minimum absolute atomic E-state index is 0.0411. The molecule has 1 aromatic carbocycles. The van der Waals surface area contributed by atoms with Gasteiger partial charge in [0.15, 0.2) is 6.61 Å².